The molecule has 8 heteroatoms. The minimum Gasteiger partial charge on any atom is -0.300 e. The second-order valence-electron chi connectivity index (χ2n) is 2.92. The molecule has 0 aromatic carbocycles. The van der Waals surface area contributed by atoms with E-state index in [-0.39, 0.29) is 0 Å². The van der Waals surface area contributed by atoms with E-state index in [0.717, 1.165) is 0 Å². The number of rotatable bonds is 4. The average Bonchev–Trinajstić information content (AvgIpc) is 1.74. The summed E-state index contributed by atoms with van der Waals surface area (Å²) in [6, 6.07) is -3.20. The molecular weight excluding hydrogens is 230 g/mol. The normalized spacial score (nSPS) is 14.9. The molecule has 0 aliphatic carbocycles. The molecule has 0 saturated heterocycles. The van der Waals surface area contributed by atoms with Gasteiger partial charge in [-0.15, -0.1) is 0 Å². The Morgan fingerprint density at radius 2 is 1.53 bits per heavy atom. The zero-order valence-corrected chi connectivity index (χ0v) is 7.37. The van der Waals surface area contributed by atoms with Crippen LogP contribution in [0, 0.1) is 5.92 Å². The third-order valence-corrected chi connectivity index (χ3v) is 1.46. The Hall–Kier alpha value is -1.08. The summed E-state index contributed by atoms with van der Waals surface area (Å²) >= 11 is 0. The molecule has 1 unspecified atom stereocenters. The molecule has 2 nitrogen and oxygen atoms in total. The first-order valence-corrected chi connectivity index (χ1v) is 3.62. The Bertz CT molecular complexity index is 269. The van der Waals surface area contributed by atoms with Gasteiger partial charge in [-0.2, -0.15) is 17.6 Å². The van der Waals surface area contributed by atoms with Gasteiger partial charge in [0.05, 0.1) is 6.42 Å². The van der Waals surface area contributed by atoms with Gasteiger partial charge in [-0.25, -0.2) is 8.78 Å². The Morgan fingerprint density at radius 1 is 1.13 bits per heavy atom. The maximum Gasteiger partial charge on any atom is 0.407 e. The molecule has 0 aromatic rings. The van der Waals surface area contributed by atoms with Crippen molar-refractivity contribution in [2.24, 2.45) is 5.92 Å². The van der Waals surface area contributed by atoms with Crippen molar-refractivity contribution in [3.05, 3.63) is 0 Å². The molecule has 1 atom stereocenters. The summed E-state index contributed by atoms with van der Waals surface area (Å²) in [4.78, 5) is 20.1. The van der Waals surface area contributed by atoms with Gasteiger partial charge in [0, 0.05) is 0 Å². The summed E-state index contributed by atoms with van der Waals surface area (Å²) in [6.07, 6.45) is -7.54. The standard InChI is InChI=1S/C7H6F6O2/c1-3(14)2-6(9,10)4(5(8)15)7(11,12)13/h4H,2H2,1H3. The Morgan fingerprint density at radius 3 is 1.73 bits per heavy atom. The fourth-order valence-corrected chi connectivity index (χ4v) is 0.968. The Balaban J connectivity index is 5.08. The number of ketones is 1. The van der Waals surface area contributed by atoms with Crippen molar-refractivity contribution in [2.45, 2.75) is 25.4 Å². The van der Waals surface area contributed by atoms with Crippen molar-refractivity contribution >= 4 is 11.8 Å². The highest BCUT2D eigenvalue weighted by atomic mass is 19.4. The van der Waals surface area contributed by atoms with Gasteiger partial charge in [-0.1, -0.05) is 0 Å². The highest BCUT2D eigenvalue weighted by Gasteiger charge is 2.60. The molecule has 15 heavy (non-hydrogen) atoms. The molecule has 0 aliphatic heterocycles. The van der Waals surface area contributed by atoms with E-state index in [9.17, 15) is 35.9 Å². The number of Topliss-reactive ketones (excluding diaryl/α,β-unsaturated/α-hetero) is 1. The van der Waals surface area contributed by atoms with Crippen molar-refractivity contribution in [3.8, 4) is 0 Å². The van der Waals surface area contributed by atoms with Crippen LogP contribution < -0.4 is 0 Å². The van der Waals surface area contributed by atoms with Gasteiger partial charge in [0.2, 0.25) is 5.92 Å². The van der Waals surface area contributed by atoms with Crippen molar-refractivity contribution in [1.29, 1.82) is 0 Å². The van der Waals surface area contributed by atoms with E-state index in [1.807, 2.05) is 0 Å². The topological polar surface area (TPSA) is 34.1 Å². The van der Waals surface area contributed by atoms with Crippen LogP contribution in [0.15, 0.2) is 0 Å². The number of hydrogen-bond donors (Lipinski definition) is 0. The maximum atomic E-state index is 12.7. The molecule has 0 heterocycles. The van der Waals surface area contributed by atoms with E-state index in [4.69, 9.17) is 0 Å². The van der Waals surface area contributed by atoms with E-state index in [0.29, 0.717) is 6.92 Å². The van der Waals surface area contributed by atoms with E-state index < -0.39 is 36.3 Å². The molecule has 0 N–H and O–H groups in total. The monoisotopic (exact) mass is 236 g/mol. The first-order chi connectivity index (χ1) is 6.48. The fourth-order valence-electron chi connectivity index (χ4n) is 0.968. The predicted octanol–water partition coefficient (Wildman–Crippen LogP) is 2.28. The molecule has 0 bridgehead atoms. The van der Waals surface area contributed by atoms with Crippen molar-refractivity contribution in [3.63, 3.8) is 0 Å². The van der Waals surface area contributed by atoms with Gasteiger partial charge in [0.1, 0.15) is 5.78 Å². The highest BCUT2D eigenvalue weighted by molar-refractivity contribution is 5.79. The quantitative estimate of drug-likeness (QED) is 0.554. The van der Waals surface area contributed by atoms with E-state index in [1.165, 1.54) is 0 Å². The molecule has 0 aromatic heterocycles. The molecule has 0 fully saturated rings. The molecule has 0 radical (unpaired) electrons. The van der Waals surface area contributed by atoms with Crippen LogP contribution in [0.1, 0.15) is 13.3 Å². The smallest absolute Gasteiger partial charge is 0.300 e. The highest BCUT2D eigenvalue weighted by Crippen LogP contribution is 2.41. The average molecular weight is 236 g/mol. The third-order valence-electron chi connectivity index (χ3n) is 1.46. The fraction of sp³-hybridized carbons (Fsp3) is 0.714. The Labute approximate surface area is 80.2 Å². The Kier molecular flexibility index (Phi) is 3.89. The van der Waals surface area contributed by atoms with Crippen LogP contribution in [0.3, 0.4) is 0 Å². The minimum absolute atomic E-state index is 0.615. The van der Waals surface area contributed by atoms with Gasteiger partial charge in [0.15, 0.2) is 0 Å². The molecule has 0 saturated carbocycles. The lowest BCUT2D eigenvalue weighted by molar-refractivity contribution is -0.238. The van der Waals surface area contributed by atoms with Gasteiger partial charge < -0.3 is 0 Å². The van der Waals surface area contributed by atoms with Gasteiger partial charge in [0.25, 0.3) is 5.92 Å². The minimum atomic E-state index is -5.72. The summed E-state index contributed by atoms with van der Waals surface area (Å²) in [5, 5.41) is 0. The second kappa shape index (κ2) is 4.19. The van der Waals surface area contributed by atoms with Gasteiger partial charge in [-0.3, -0.25) is 9.59 Å². The van der Waals surface area contributed by atoms with Crippen molar-refractivity contribution in [2.75, 3.05) is 0 Å². The van der Waals surface area contributed by atoms with Crippen LogP contribution in [0.25, 0.3) is 0 Å². The summed E-state index contributed by atoms with van der Waals surface area (Å²) in [7, 11) is 0. The summed E-state index contributed by atoms with van der Waals surface area (Å²) in [5.74, 6) is -10.1. The molecule has 0 rings (SSSR count). The molecule has 0 aliphatic rings. The lowest BCUT2D eigenvalue weighted by Crippen LogP contribution is -2.44. The first kappa shape index (κ1) is 13.9. The van der Waals surface area contributed by atoms with Gasteiger partial charge >= 0.3 is 12.2 Å². The van der Waals surface area contributed by atoms with Crippen molar-refractivity contribution in [1.82, 2.24) is 0 Å². The summed E-state index contributed by atoms with van der Waals surface area (Å²) in [5.41, 5.74) is 0. The van der Waals surface area contributed by atoms with Crippen LogP contribution in [-0.2, 0) is 9.59 Å². The lowest BCUT2D eigenvalue weighted by atomic mass is 9.97. The largest absolute Gasteiger partial charge is 0.407 e. The number of carbonyl (C=O) groups excluding carboxylic acids is 2. The van der Waals surface area contributed by atoms with Gasteiger partial charge in [-0.05, 0) is 6.92 Å². The molecule has 0 amide bonds. The molecule has 0 spiro atoms. The number of halogens is 6. The summed E-state index contributed by atoms with van der Waals surface area (Å²) in [6.45, 7) is 0.615. The zero-order chi connectivity index (χ0) is 12.4. The summed E-state index contributed by atoms with van der Waals surface area (Å²) < 4.78 is 72.8. The molecule has 88 valence electrons. The second-order valence-corrected chi connectivity index (χ2v) is 2.92. The predicted molar refractivity (Wildman–Crippen MR) is 35.9 cm³/mol. The van der Waals surface area contributed by atoms with Crippen LogP contribution >= 0.6 is 0 Å². The lowest BCUT2D eigenvalue weighted by Gasteiger charge is -2.24. The maximum absolute atomic E-state index is 12.7. The third kappa shape index (κ3) is 3.88. The number of carbonyl (C=O) groups is 2. The van der Waals surface area contributed by atoms with Crippen molar-refractivity contribution < 1.29 is 35.9 Å². The zero-order valence-electron chi connectivity index (χ0n) is 7.37. The number of hydrogen-bond acceptors (Lipinski definition) is 2. The van der Waals surface area contributed by atoms with E-state index in [2.05, 4.69) is 0 Å². The van der Waals surface area contributed by atoms with Crippen LogP contribution in [0.2, 0.25) is 0 Å². The van der Waals surface area contributed by atoms with Crippen LogP contribution in [-0.4, -0.2) is 23.9 Å². The van der Waals surface area contributed by atoms with Crippen LogP contribution in [0.4, 0.5) is 26.3 Å². The molecular formula is C7H6F6O2. The SMILES string of the molecule is CC(=O)CC(F)(F)C(C(=O)F)C(F)(F)F. The first-order valence-electron chi connectivity index (χ1n) is 3.62. The van der Waals surface area contributed by atoms with E-state index in [1.54, 1.807) is 0 Å². The number of alkyl halides is 5. The van der Waals surface area contributed by atoms with Crippen LogP contribution in [0.5, 0.6) is 0 Å². The van der Waals surface area contributed by atoms with E-state index >= 15 is 0 Å².